The van der Waals surface area contributed by atoms with Gasteiger partial charge in [0.25, 0.3) is 0 Å². The fourth-order valence-corrected chi connectivity index (χ4v) is 2.03. The van der Waals surface area contributed by atoms with Crippen molar-refractivity contribution in [3.8, 4) is 0 Å². The van der Waals surface area contributed by atoms with E-state index in [0.717, 1.165) is 12.0 Å². The first-order chi connectivity index (χ1) is 7.18. The fraction of sp³-hybridized carbons (Fsp3) is 0.364. The van der Waals surface area contributed by atoms with E-state index < -0.39 is 12.0 Å². The normalized spacial score (nSPS) is 25.4. The van der Waals surface area contributed by atoms with Crippen molar-refractivity contribution in [1.29, 1.82) is 0 Å². The maximum Gasteiger partial charge on any atom is 0.321 e. The monoisotopic (exact) mass is 209 g/mol. The fourth-order valence-electron chi connectivity index (χ4n) is 2.03. The van der Waals surface area contributed by atoms with Gasteiger partial charge in [0.1, 0.15) is 11.9 Å². The molecule has 0 amide bonds. The van der Waals surface area contributed by atoms with E-state index in [2.05, 4.69) is 5.32 Å². The zero-order valence-electron chi connectivity index (χ0n) is 8.11. The maximum absolute atomic E-state index is 12.7. The third-order valence-corrected chi connectivity index (χ3v) is 2.79. The van der Waals surface area contributed by atoms with Crippen molar-refractivity contribution in [2.24, 2.45) is 0 Å². The van der Waals surface area contributed by atoms with Gasteiger partial charge in [-0.1, -0.05) is 12.1 Å². The highest BCUT2D eigenvalue weighted by atomic mass is 19.1. The number of carbonyl (C=O) groups is 1. The molecule has 1 aromatic rings. The van der Waals surface area contributed by atoms with Crippen LogP contribution in [0.3, 0.4) is 0 Å². The largest absolute Gasteiger partial charge is 0.480 e. The second kappa shape index (κ2) is 3.98. The highest BCUT2D eigenvalue weighted by Crippen LogP contribution is 2.27. The number of carboxylic acids is 1. The van der Waals surface area contributed by atoms with Crippen LogP contribution < -0.4 is 5.32 Å². The van der Waals surface area contributed by atoms with Gasteiger partial charge in [-0.25, -0.2) is 4.39 Å². The number of hydrogen-bond donors (Lipinski definition) is 2. The number of hydrogen-bond acceptors (Lipinski definition) is 2. The first-order valence-electron chi connectivity index (χ1n) is 4.90. The standard InChI is InChI=1S/C11H12FNO2/c12-8-3-1-7(2-4-8)9-5-6-13-10(9)11(14)15/h1-4,9-10,13H,5-6H2,(H,14,15)/t9-,10-/m0/s1. The number of benzene rings is 1. The lowest BCUT2D eigenvalue weighted by atomic mass is 9.92. The van der Waals surface area contributed by atoms with Gasteiger partial charge in [-0.05, 0) is 30.7 Å². The third-order valence-electron chi connectivity index (χ3n) is 2.79. The molecule has 2 atom stereocenters. The van der Waals surface area contributed by atoms with E-state index in [-0.39, 0.29) is 11.7 Å². The molecule has 15 heavy (non-hydrogen) atoms. The minimum absolute atomic E-state index is 0.0527. The molecule has 80 valence electrons. The SMILES string of the molecule is O=C(O)[C@H]1NCC[C@H]1c1ccc(F)cc1. The van der Waals surface area contributed by atoms with Gasteiger partial charge in [0, 0.05) is 5.92 Å². The first kappa shape index (κ1) is 10.1. The second-order valence-corrected chi connectivity index (χ2v) is 3.72. The van der Waals surface area contributed by atoms with Gasteiger partial charge in [0.05, 0.1) is 0 Å². The van der Waals surface area contributed by atoms with E-state index in [4.69, 9.17) is 5.11 Å². The summed E-state index contributed by atoms with van der Waals surface area (Å²) in [6.07, 6.45) is 0.780. The molecule has 1 heterocycles. The Morgan fingerprint density at radius 2 is 2.07 bits per heavy atom. The van der Waals surface area contributed by atoms with Crippen LogP contribution in [0, 0.1) is 5.82 Å². The molecule has 0 saturated carbocycles. The summed E-state index contributed by atoms with van der Waals surface area (Å²) in [5.74, 6) is -1.19. The number of carboxylic acid groups (broad SMARTS) is 1. The molecule has 3 nitrogen and oxygen atoms in total. The van der Waals surface area contributed by atoms with Crippen molar-refractivity contribution in [3.05, 3.63) is 35.6 Å². The molecular formula is C11H12FNO2. The van der Waals surface area contributed by atoms with Crippen LogP contribution in [-0.2, 0) is 4.79 Å². The summed E-state index contributed by atoms with van der Waals surface area (Å²) in [5.41, 5.74) is 0.883. The summed E-state index contributed by atoms with van der Waals surface area (Å²) in [7, 11) is 0. The van der Waals surface area contributed by atoms with E-state index >= 15 is 0 Å². The molecule has 0 unspecified atom stereocenters. The predicted molar refractivity (Wildman–Crippen MR) is 53.2 cm³/mol. The molecule has 2 rings (SSSR count). The molecule has 1 saturated heterocycles. The van der Waals surface area contributed by atoms with E-state index in [0.29, 0.717) is 6.54 Å². The molecule has 0 spiro atoms. The summed E-state index contributed by atoms with van der Waals surface area (Å²) in [5, 5.41) is 11.9. The van der Waals surface area contributed by atoms with Crippen LogP contribution in [0.25, 0.3) is 0 Å². The lowest BCUT2D eigenvalue weighted by Crippen LogP contribution is -2.34. The quantitative estimate of drug-likeness (QED) is 0.773. The van der Waals surface area contributed by atoms with Crippen LogP contribution in [0.5, 0.6) is 0 Å². The average Bonchev–Trinajstić information content (AvgIpc) is 2.67. The molecule has 1 fully saturated rings. The van der Waals surface area contributed by atoms with Crippen LogP contribution >= 0.6 is 0 Å². The minimum Gasteiger partial charge on any atom is -0.480 e. The Kier molecular flexibility index (Phi) is 2.68. The summed E-state index contributed by atoms with van der Waals surface area (Å²) >= 11 is 0. The maximum atomic E-state index is 12.7. The van der Waals surface area contributed by atoms with Crippen molar-refractivity contribution >= 4 is 5.97 Å². The molecule has 1 aliphatic rings. The van der Waals surface area contributed by atoms with Crippen molar-refractivity contribution in [2.45, 2.75) is 18.4 Å². The van der Waals surface area contributed by atoms with Gasteiger partial charge < -0.3 is 10.4 Å². The van der Waals surface area contributed by atoms with E-state index in [1.54, 1.807) is 12.1 Å². The predicted octanol–water partition coefficient (Wildman–Crippen LogP) is 1.36. The van der Waals surface area contributed by atoms with E-state index in [1.807, 2.05) is 0 Å². The lowest BCUT2D eigenvalue weighted by molar-refractivity contribution is -0.139. The van der Waals surface area contributed by atoms with Crippen LogP contribution in [0.15, 0.2) is 24.3 Å². The third kappa shape index (κ3) is 1.99. The summed E-state index contributed by atoms with van der Waals surface area (Å²) in [6.45, 7) is 0.693. The number of rotatable bonds is 2. The average molecular weight is 209 g/mol. The molecule has 0 aromatic heterocycles. The van der Waals surface area contributed by atoms with Crippen molar-refractivity contribution in [3.63, 3.8) is 0 Å². The van der Waals surface area contributed by atoms with Crippen LogP contribution in [0.2, 0.25) is 0 Å². The minimum atomic E-state index is -0.846. The first-order valence-corrected chi connectivity index (χ1v) is 4.90. The van der Waals surface area contributed by atoms with Gasteiger partial charge in [0.2, 0.25) is 0 Å². The Morgan fingerprint density at radius 1 is 1.40 bits per heavy atom. The Balaban J connectivity index is 2.22. The Bertz CT molecular complexity index is 363. The zero-order chi connectivity index (χ0) is 10.8. The number of nitrogens with one attached hydrogen (secondary N) is 1. The van der Waals surface area contributed by atoms with Gasteiger partial charge in [0.15, 0.2) is 0 Å². The Morgan fingerprint density at radius 3 is 2.67 bits per heavy atom. The van der Waals surface area contributed by atoms with Gasteiger partial charge >= 0.3 is 5.97 Å². The molecule has 2 N–H and O–H groups in total. The summed E-state index contributed by atoms with van der Waals surface area (Å²) in [4.78, 5) is 10.9. The van der Waals surface area contributed by atoms with Crippen LogP contribution in [0.1, 0.15) is 17.9 Å². The van der Waals surface area contributed by atoms with E-state index in [9.17, 15) is 9.18 Å². The highest BCUT2D eigenvalue weighted by Gasteiger charge is 2.33. The molecule has 0 aliphatic carbocycles. The molecule has 0 radical (unpaired) electrons. The highest BCUT2D eigenvalue weighted by molar-refractivity contribution is 5.75. The zero-order valence-corrected chi connectivity index (χ0v) is 8.11. The second-order valence-electron chi connectivity index (χ2n) is 3.72. The van der Waals surface area contributed by atoms with Crippen molar-refractivity contribution in [1.82, 2.24) is 5.32 Å². The summed E-state index contributed by atoms with van der Waals surface area (Å²) < 4.78 is 12.7. The topological polar surface area (TPSA) is 49.3 Å². The van der Waals surface area contributed by atoms with E-state index in [1.165, 1.54) is 12.1 Å². The lowest BCUT2D eigenvalue weighted by Gasteiger charge is -2.15. The van der Waals surface area contributed by atoms with Gasteiger partial charge in [-0.3, -0.25) is 4.79 Å². The summed E-state index contributed by atoms with van der Waals surface area (Å²) in [6, 6.07) is 5.50. The van der Waals surface area contributed by atoms with Crippen LogP contribution in [0.4, 0.5) is 4.39 Å². The van der Waals surface area contributed by atoms with Crippen LogP contribution in [-0.4, -0.2) is 23.7 Å². The van der Waals surface area contributed by atoms with Crippen molar-refractivity contribution < 1.29 is 14.3 Å². The Hall–Kier alpha value is -1.42. The number of aliphatic carboxylic acids is 1. The molecule has 0 bridgehead atoms. The molecule has 1 aromatic carbocycles. The van der Waals surface area contributed by atoms with Gasteiger partial charge in [-0.15, -0.1) is 0 Å². The molecular weight excluding hydrogens is 197 g/mol. The van der Waals surface area contributed by atoms with Gasteiger partial charge in [-0.2, -0.15) is 0 Å². The van der Waals surface area contributed by atoms with Crippen molar-refractivity contribution in [2.75, 3.05) is 6.54 Å². The molecule has 4 heteroatoms. The molecule has 1 aliphatic heterocycles. The Labute approximate surface area is 86.9 Å². The smallest absolute Gasteiger partial charge is 0.321 e. The number of halogens is 1.